The van der Waals surface area contributed by atoms with Gasteiger partial charge in [-0.05, 0) is 25.7 Å². The van der Waals surface area contributed by atoms with Crippen LogP contribution >= 0.6 is 0 Å². The molecule has 0 saturated carbocycles. The Labute approximate surface area is 117 Å². The highest BCUT2D eigenvalue weighted by molar-refractivity contribution is 5.66. The van der Waals surface area contributed by atoms with Crippen molar-refractivity contribution in [2.45, 2.75) is 44.6 Å². The summed E-state index contributed by atoms with van der Waals surface area (Å²) in [7, 11) is 0. The highest BCUT2D eigenvalue weighted by Crippen LogP contribution is 2.25. The number of aromatic nitrogens is 3. The van der Waals surface area contributed by atoms with Crippen molar-refractivity contribution in [3.8, 4) is 0 Å². The summed E-state index contributed by atoms with van der Waals surface area (Å²) in [6, 6.07) is 0. The molecule has 0 spiro atoms. The number of carbonyl (C=O) groups is 1. The average molecular weight is 277 g/mol. The maximum atomic E-state index is 11.0. The van der Waals surface area contributed by atoms with Crippen molar-refractivity contribution in [3.63, 3.8) is 0 Å². The van der Waals surface area contributed by atoms with Crippen LogP contribution in [0.1, 0.15) is 43.3 Å². The molecule has 1 aromatic heterocycles. The van der Waals surface area contributed by atoms with E-state index in [1.165, 1.54) is 16.7 Å². The zero-order valence-corrected chi connectivity index (χ0v) is 11.4. The largest absolute Gasteiger partial charge is 0.480 e. The van der Waals surface area contributed by atoms with Gasteiger partial charge in [-0.15, -0.1) is 0 Å². The molecule has 1 aliphatic carbocycles. The SMILES string of the molecule is O=C(O)Cn1nc([C@@H]2CCOC2)nc1CC1=CCCC1. The minimum atomic E-state index is -0.884. The van der Waals surface area contributed by atoms with Gasteiger partial charge in [-0.3, -0.25) is 4.79 Å². The molecule has 6 heteroatoms. The number of ether oxygens (including phenoxy) is 1. The van der Waals surface area contributed by atoms with Gasteiger partial charge in [0, 0.05) is 18.9 Å². The lowest BCUT2D eigenvalue weighted by Gasteiger charge is -2.03. The second kappa shape index (κ2) is 5.75. The molecule has 0 unspecified atom stereocenters. The molecule has 2 aliphatic rings. The molecule has 1 atom stereocenters. The fourth-order valence-corrected chi connectivity index (χ4v) is 2.79. The lowest BCUT2D eigenvalue weighted by Crippen LogP contribution is -2.14. The van der Waals surface area contributed by atoms with E-state index >= 15 is 0 Å². The number of aliphatic carboxylic acids is 1. The van der Waals surface area contributed by atoms with Crippen LogP contribution in [0.3, 0.4) is 0 Å². The Kier molecular flexibility index (Phi) is 3.82. The number of hydrogen-bond acceptors (Lipinski definition) is 4. The van der Waals surface area contributed by atoms with Crippen molar-refractivity contribution < 1.29 is 14.6 Å². The Balaban J connectivity index is 1.82. The Morgan fingerprint density at radius 1 is 1.55 bits per heavy atom. The van der Waals surface area contributed by atoms with Crippen molar-refractivity contribution in [2.75, 3.05) is 13.2 Å². The summed E-state index contributed by atoms with van der Waals surface area (Å²) < 4.78 is 6.90. The van der Waals surface area contributed by atoms with E-state index in [1.807, 2.05) is 0 Å². The predicted octanol–water partition coefficient (Wildman–Crippen LogP) is 1.52. The maximum Gasteiger partial charge on any atom is 0.325 e. The molecular weight excluding hydrogens is 258 g/mol. The van der Waals surface area contributed by atoms with Gasteiger partial charge in [-0.25, -0.2) is 9.67 Å². The van der Waals surface area contributed by atoms with Gasteiger partial charge in [0.05, 0.1) is 6.61 Å². The van der Waals surface area contributed by atoms with Gasteiger partial charge in [0.15, 0.2) is 5.82 Å². The molecule has 6 nitrogen and oxygen atoms in total. The molecule has 0 radical (unpaired) electrons. The third kappa shape index (κ3) is 2.90. The molecule has 1 saturated heterocycles. The molecule has 20 heavy (non-hydrogen) atoms. The number of hydrogen-bond donors (Lipinski definition) is 1. The zero-order chi connectivity index (χ0) is 13.9. The first-order valence-corrected chi connectivity index (χ1v) is 7.13. The topological polar surface area (TPSA) is 77.2 Å². The van der Waals surface area contributed by atoms with E-state index in [-0.39, 0.29) is 12.5 Å². The summed E-state index contributed by atoms with van der Waals surface area (Å²) in [6.07, 6.45) is 7.25. The smallest absolute Gasteiger partial charge is 0.325 e. The molecule has 1 aromatic rings. The second-order valence-corrected chi connectivity index (χ2v) is 5.43. The summed E-state index contributed by atoms with van der Waals surface area (Å²) in [5.74, 6) is 0.826. The quantitative estimate of drug-likeness (QED) is 0.826. The van der Waals surface area contributed by atoms with Crippen LogP contribution in [0.25, 0.3) is 0 Å². The van der Waals surface area contributed by atoms with Crippen LogP contribution < -0.4 is 0 Å². The first-order valence-electron chi connectivity index (χ1n) is 7.13. The molecule has 2 heterocycles. The van der Waals surface area contributed by atoms with Crippen LogP contribution in [0.4, 0.5) is 0 Å². The summed E-state index contributed by atoms with van der Waals surface area (Å²) in [5, 5.41) is 13.4. The Morgan fingerprint density at radius 2 is 2.45 bits per heavy atom. The van der Waals surface area contributed by atoms with Crippen molar-refractivity contribution >= 4 is 5.97 Å². The van der Waals surface area contributed by atoms with Crippen LogP contribution in [0.2, 0.25) is 0 Å². The van der Waals surface area contributed by atoms with Crippen LogP contribution in [-0.2, 0) is 22.5 Å². The molecular formula is C14H19N3O3. The number of allylic oxidation sites excluding steroid dienone is 2. The molecule has 0 aromatic carbocycles. The Bertz CT molecular complexity index is 530. The number of rotatable bonds is 5. The highest BCUT2D eigenvalue weighted by atomic mass is 16.5. The van der Waals surface area contributed by atoms with Gasteiger partial charge in [-0.1, -0.05) is 11.6 Å². The molecule has 0 amide bonds. The Hall–Kier alpha value is -1.69. The van der Waals surface area contributed by atoms with E-state index in [0.717, 1.165) is 37.5 Å². The first kappa shape index (κ1) is 13.3. The monoisotopic (exact) mass is 277 g/mol. The van der Waals surface area contributed by atoms with Gasteiger partial charge in [0.1, 0.15) is 12.4 Å². The van der Waals surface area contributed by atoms with Crippen LogP contribution in [0, 0.1) is 0 Å². The second-order valence-electron chi connectivity index (χ2n) is 5.43. The van der Waals surface area contributed by atoms with Gasteiger partial charge < -0.3 is 9.84 Å². The third-order valence-corrected chi connectivity index (χ3v) is 3.86. The molecule has 0 bridgehead atoms. The summed E-state index contributed by atoms with van der Waals surface area (Å²) in [4.78, 5) is 15.5. The Morgan fingerprint density at radius 3 is 3.10 bits per heavy atom. The van der Waals surface area contributed by atoms with Gasteiger partial charge in [-0.2, -0.15) is 5.10 Å². The van der Waals surface area contributed by atoms with E-state index in [1.54, 1.807) is 0 Å². The number of nitrogens with zero attached hydrogens (tertiary/aromatic N) is 3. The first-order chi connectivity index (χ1) is 9.72. The van der Waals surface area contributed by atoms with Crippen molar-refractivity contribution in [3.05, 3.63) is 23.3 Å². The summed E-state index contributed by atoms with van der Waals surface area (Å²) in [6.45, 7) is 1.25. The fraction of sp³-hybridized carbons (Fsp3) is 0.643. The van der Waals surface area contributed by atoms with Crippen molar-refractivity contribution in [2.24, 2.45) is 0 Å². The van der Waals surface area contributed by atoms with Crippen molar-refractivity contribution in [1.82, 2.24) is 14.8 Å². The minimum Gasteiger partial charge on any atom is -0.480 e. The van der Waals surface area contributed by atoms with Gasteiger partial charge in [0.2, 0.25) is 0 Å². The third-order valence-electron chi connectivity index (χ3n) is 3.86. The van der Waals surface area contributed by atoms with Gasteiger partial charge in [0.25, 0.3) is 0 Å². The van der Waals surface area contributed by atoms with E-state index in [0.29, 0.717) is 13.0 Å². The lowest BCUT2D eigenvalue weighted by molar-refractivity contribution is -0.137. The lowest BCUT2D eigenvalue weighted by atomic mass is 10.1. The van der Waals surface area contributed by atoms with E-state index < -0.39 is 5.97 Å². The predicted molar refractivity (Wildman–Crippen MR) is 71.5 cm³/mol. The number of carboxylic acids is 1. The van der Waals surface area contributed by atoms with Crippen LogP contribution in [0.15, 0.2) is 11.6 Å². The maximum absolute atomic E-state index is 11.0. The van der Waals surface area contributed by atoms with Crippen molar-refractivity contribution in [1.29, 1.82) is 0 Å². The van der Waals surface area contributed by atoms with Crippen LogP contribution in [0.5, 0.6) is 0 Å². The average Bonchev–Trinajstić information content (AvgIpc) is 3.11. The highest BCUT2D eigenvalue weighted by Gasteiger charge is 2.24. The molecule has 3 rings (SSSR count). The standard InChI is InChI=1S/C14H19N3O3/c18-13(19)8-17-12(7-10-3-1-2-4-10)15-14(16-17)11-5-6-20-9-11/h3,11H,1-2,4-9H2,(H,18,19)/t11-/m1/s1. The zero-order valence-electron chi connectivity index (χ0n) is 11.4. The van der Waals surface area contributed by atoms with Gasteiger partial charge >= 0.3 is 5.97 Å². The van der Waals surface area contributed by atoms with Crippen LogP contribution in [-0.4, -0.2) is 39.1 Å². The molecule has 1 fully saturated rings. The number of carboxylic acid groups (broad SMARTS) is 1. The fourth-order valence-electron chi connectivity index (χ4n) is 2.79. The summed E-state index contributed by atoms with van der Waals surface area (Å²) in [5.41, 5.74) is 1.35. The van der Waals surface area contributed by atoms with E-state index in [2.05, 4.69) is 16.2 Å². The summed E-state index contributed by atoms with van der Waals surface area (Å²) >= 11 is 0. The molecule has 108 valence electrons. The molecule has 1 aliphatic heterocycles. The van der Waals surface area contributed by atoms with E-state index in [9.17, 15) is 4.79 Å². The normalized spacial score (nSPS) is 22.2. The minimum absolute atomic E-state index is 0.122. The van der Waals surface area contributed by atoms with E-state index in [4.69, 9.17) is 9.84 Å². The molecule has 1 N–H and O–H groups in total.